The maximum atomic E-state index is 12.4. The van der Waals surface area contributed by atoms with Gasteiger partial charge in [0.2, 0.25) is 0 Å². The molecule has 1 aliphatic carbocycles. The van der Waals surface area contributed by atoms with Gasteiger partial charge in [-0.1, -0.05) is 17.7 Å². The average molecular weight is 394 g/mol. The Bertz CT molecular complexity index is 823. The number of ether oxygens (including phenoxy) is 1. The van der Waals surface area contributed by atoms with Gasteiger partial charge in [0.25, 0.3) is 11.8 Å². The van der Waals surface area contributed by atoms with Crippen molar-refractivity contribution in [1.82, 2.24) is 10.2 Å². The van der Waals surface area contributed by atoms with Crippen LogP contribution < -0.4 is 10.6 Å². The molecule has 1 atom stereocenters. The Morgan fingerprint density at radius 3 is 2.74 bits per heavy atom. The monoisotopic (exact) mass is 393 g/mol. The normalized spacial score (nSPS) is 21.8. The molecule has 1 aromatic rings. The highest BCUT2D eigenvalue weighted by Gasteiger charge is 2.56. The molecule has 2 N–H and O–H groups in total. The minimum absolute atomic E-state index is 0.0988. The number of imide groups is 1. The lowest BCUT2D eigenvalue weighted by Crippen LogP contribution is -2.46. The molecule has 9 heteroatoms. The Hall–Kier alpha value is -2.61. The first-order valence-corrected chi connectivity index (χ1v) is 8.95. The van der Waals surface area contributed by atoms with Crippen molar-refractivity contribution in [3.8, 4) is 0 Å². The van der Waals surface area contributed by atoms with Crippen LogP contribution in [0.4, 0.5) is 10.5 Å². The molecular weight excluding hydrogens is 374 g/mol. The lowest BCUT2D eigenvalue weighted by Gasteiger charge is -2.20. The number of benzene rings is 1. The van der Waals surface area contributed by atoms with E-state index < -0.39 is 42.5 Å². The van der Waals surface area contributed by atoms with E-state index in [1.165, 1.54) is 0 Å². The molecule has 0 bridgehead atoms. The Balaban J connectivity index is 1.51. The van der Waals surface area contributed by atoms with Gasteiger partial charge in [0.1, 0.15) is 12.1 Å². The van der Waals surface area contributed by atoms with Gasteiger partial charge in [-0.3, -0.25) is 19.3 Å². The summed E-state index contributed by atoms with van der Waals surface area (Å²) in [7, 11) is 0. The van der Waals surface area contributed by atoms with Crippen LogP contribution in [0.3, 0.4) is 0 Å². The first-order valence-electron chi connectivity index (χ1n) is 8.57. The van der Waals surface area contributed by atoms with Gasteiger partial charge in [-0.25, -0.2) is 4.79 Å². The van der Waals surface area contributed by atoms with Crippen molar-refractivity contribution in [2.45, 2.75) is 32.2 Å². The molecule has 3 rings (SSSR count). The minimum atomic E-state index is -0.959. The number of nitrogens with zero attached hydrogens (tertiary/aromatic N) is 1. The average Bonchev–Trinajstić information content (AvgIpc) is 3.43. The van der Waals surface area contributed by atoms with Crippen molar-refractivity contribution < 1.29 is 23.9 Å². The molecule has 1 aromatic carbocycles. The molecular formula is C18H20ClN3O5. The van der Waals surface area contributed by atoms with Crippen LogP contribution in [-0.2, 0) is 19.1 Å². The number of carbonyl (C=O) groups is 4. The van der Waals surface area contributed by atoms with Crippen molar-refractivity contribution in [2.24, 2.45) is 5.92 Å². The number of carbonyl (C=O) groups excluding carboxylic acids is 4. The van der Waals surface area contributed by atoms with Gasteiger partial charge in [0.05, 0.1) is 0 Å². The second-order valence-corrected chi connectivity index (χ2v) is 7.33. The predicted molar refractivity (Wildman–Crippen MR) is 97.2 cm³/mol. The second-order valence-electron chi connectivity index (χ2n) is 6.92. The number of urea groups is 1. The SMILES string of the molecule is Cc1c(Cl)cccc1NC(=O)COC(=O)CN1C(=O)N[C@@](C)(C2CC2)C1=O. The molecule has 0 radical (unpaired) electrons. The molecule has 0 aromatic heterocycles. The fourth-order valence-corrected chi connectivity index (χ4v) is 3.22. The van der Waals surface area contributed by atoms with Crippen molar-refractivity contribution in [1.29, 1.82) is 0 Å². The standard InChI is InChI=1S/C18H20ClN3O5/c1-10-12(19)4-3-5-13(10)20-14(23)9-27-15(24)8-22-16(25)18(2,11-6-7-11)21-17(22)26/h3-5,11H,6-9H2,1-2H3,(H,20,23)(H,21,26)/t18-/m0/s1. The van der Waals surface area contributed by atoms with Crippen LogP contribution in [0.5, 0.6) is 0 Å². The van der Waals surface area contributed by atoms with Crippen molar-refractivity contribution >= 4 is 41.1 Å². The zero-order chi connectivity index (χ0) is 19.8. The highest BCUT2D eigenvalue weighted by molar-refractivity contribution is 6.31. The van der Waals surface area contributed by atoms with Crippen LogP contribution in [0.15, 0.2) is 18.2 Å². The predicted octanol–water partition coefficient (Wildman–Crippen LogP) is 1.85. The van der Waals surface area contributed by atoms with Crippen LogP contribution >= 0.6 is 11.6 Å². The molecule has 2 aliphatic rings. The molecule has 144 valence electrons. The summed E-state index contributed by atoms with van der Waals surface area (Å²) >= 11 is 5.98. The number of halogens is 1. The van der Waals surface area contributed by atoms with E-state index in [-0.39, 0.29) is 5.92 Å². The number of rotatable bonds is 6. The third-order valence-electron chi connectivity index (χ3n) is 4.89. The van der Waals surface area contributed by atoms with E-state index in [0.29, 0.717) is 16.3 Å². The summed E-state index contributed by atoms with van der Waals surface area (Å²) in [4.78, 5) is 49.2. The Labute approximate surface area is 161 Å². The summed E-state index contributed by atoms with van der Waals surface area (Å²) in [6.07, 6.45) is 1.73. The van der Waals surface area contributed by atoms with Gasteiger partial charge in [-0.05, 0) is 50.3 Å². The maximum Gasteiger partial charge on any atom is 0.326 e. The lowest BCUT2D eigenvalue weighted by atomic mass is 9.96. The minimum Gasteiger partial charge on any atom is -0.454 e. The van der Waals surface area contributed by atoms with Crippen LogP contribution in [0, 0.1) is 12.8 Å². The molecule has 1 heterocycles. The molecule has 0 unspecified atom stereocenters. The zero-order valence-corrected chi connectivity index (χ0v) is 15.8. The molecule has 8 nitrogen and oxygen atoms in total. The first-order chi connectivity index (χ1) is 12.7. The van der Waals surface area contributed by atoms with Gasteiger partial charge >= 0.3 is 12.0 Å². The Morgan fingerprint density at radius 1 is 1.37 bits per heavy atom. The summed E-state index contributed by atoms with van der Waals surface area (Å²) < 4.78 is 4.89. The molecule has 0 spiro atoms. The van der Waals surface area contributed by atoms with E-state index in [0.717, 1.165) is 17.7 Å². The number of nitrogens with one attached hydrogen (secondary N) is 2. The van der Waals surface area contributed by atoms with Crippen molar-refractivity contribution in [3.05, 3.63) is 28.8 Å². The molecule has 1 saturated heterocycles. The molecule has 27 heavy (non-hydrogen) atoms. The van der Waals surface area contributed by atoms with E-state index in [4.69, 9.17) is 16.3 Å². The molecule has 1 saturated carbocycles. The Morgan fingerprint density at radius 2 is 2.07 bits per heavy atom. The number of esters is 1. The van der Waals surface area contributed by atoms with Crippen molar-refractivity contribution in [3.63, 3.8) is 0 Å². The molecule has 1 aliphatic heterocycles. The van der Waals surface area contributed by atoms with E-state index in [2.05, 4.69) is 10.6 Å². The highest BCUT2D eigenvalue weighted by atomic mass is 35.5. The maximum absolute atomic E-state index is 12.4. The Kier molecular flexibility index (Phi) is 5.10. The largest absolute Gasteiger partial charge is 0.454 e. The van der Waals surface area contributed by atoms with E-state index in [1.54, 1.807) is 32.0 Å². The van der Waals surface area contributed by atoms with Crippen LogP contribution in [0.25, 0.3) is 0 Å². The topological polar surface area (TPSA) is 105 Å². The number of hydrogen-bond acceptors (Lipinski definition) is 5. The third-order valence-corrected chi connectivity index (χ3v) is 5.30. The van der Waals surface area contributed by atoms with Gasteiger partial charge in [-0.2, -0.15) is 0 Å². The van der Waals surface area contributed by atoms with Gasteiger partial charge in [-0.15, -0.1) is 0 Å². The number of anilines is 1. The summed E-state index contributed by atoms with van der Waals surface area (Å²) in [5.41, 5.74) is 0.245. The number of hydrogen-bond donors (Lipinski definition) is 2. The summed E-state index contributed by atoms with van der Waals surface area (Å²) in [5.74, 6) is -1.72. The second kappa shape index (κ2) is 7.19. The number of amides is 4. The first kappa shape index (κ1) is 19.2. The lowest BCUT2D eigenvalue weighted by molar-refractivity contribution is -0.150. The van der Waals surface area contributed by atoms with Crippen LogP contribution in [-0.4, -0.2) is 47.4 Å². The van der Waals surface area contributed by atoms with Crippen LogP contribution in [0.2, 0.25) is 5.02 Å². The van der Waals surface area contributed by atoms with E-state index in [9.17, 15) is 19.2 Å². The quantitative estimate of drug-likeness (QED) is 0.567. The van der Waals surface area contributed by atoms with Gasteiger partial charge < -0.3 is 15.4 Å². The van der Waals surface area contributed by atoms with Crippen molar-refractivity contribution in [2.75, 3.05) is 18.5 Å². The van der Waals surface area contributed by atoms with Gasteiger partial charge in [0, 0.05) is 10.7 Å². The molecule has 4 amide bonds. The molecule has 2 fully saturated rings. The smallest absolute Gasteiger partial charge is 0.326 e. The van der Waals surface area contributed by atoms with E-state index in [1.807, 2.05) is 0 Å². The third kappa shape index (κ3) is 3.90. The zero-order valence-electron chi connectivity index (χ0n) is 15.0. The summed E-state index contributed by atoms with van der Waals surface area (Å²) in [6, 6.07) is 4.43. The summed E-state index contributed by atoms with van der Waals surface area (Å²) in [5, 5.41) is 5.74. The summed E-state index contributed by atoms with van der Waals surface area (Å²) in [6.45, 7) is 2.35. The highest BCUT2D eigenvalue weighted by Crippen LogP contribution is 2.42. The van der Waals surface area contributed by atoms with Crippen LogP contribution in [0.1, 0.15) is 25.3 Å². The van der Waals surface area contributed by atoms with Gasteiger partial charge in [0.15, 0.2) is 6.61 Å². The van der Waals surface area contributed by atoms with E-state index >= 15 is 0 Å². The fourth-order valence-electron chi connectivity index (χ4n) is 3.05. The fraction of sp³-hybridized carbons (Fsp3) is 0.444.